The van der Waals surface area contributed by atoms with E-state index >= 15 is 0 Å². The molecule has 0 atom stereocenters. The molecule has 1 aromatic rings. The summed E-state index contributed by atoms with van der Waals surface area (Å²) < 4.78 is 1.61. The van der Waals surface area contributed by atoms with Crippen LogP contribution in [0.15, 0.2) is 17.5 Å². The molecule has 0 bridgehead atoms. The molecule has 0 aliphatic heterocycles. The summed E-state index contributed by atoms with van der Waals surface area (Å²) in [5, 5.41) is 2.16. The van der Waals surface area contributed by atoms with Gasteiger partial charge in [0.15, 0.2) is 0 Å². The van der Waals surface area contributed by atoms with E-state index in [4.69, 9.17) is 0 Å². The van der Waals surface area contributed by atoms with Gasteiger partial charge in [-0.3, -0.25) is 0 Å². The van der Waals surface area contributed by atoms with Crippen molar-refractivity contribution in [2.24, 2.45) is 0 Å². The van der Waals surface area contributed by atoms with Crippen molar-refractivity contribution < 1.29 is 0 Å². The predicted molar refractivity (Wildman–Crippen MR) is 71.8 cm³/mol. The van der Waals surface area contributed by atoms with Crippen LogP contribution in [0.4, 0.5) is 0 Å². The summed E-state index contributed by atoms with van der Waals surface area (Å²) >= 11 is 9.73. The van der Waals surface area contributed by atoms with Gasteiger partial charge in [-0.2, -0.15) is 0 Å². The first-order chi connectivity index (χ1) is 4.11. The fraction of sp³-hybridized carbons (Fsp3) is 0. The Morgan fingerprint density at radius 3 is 2.22 bits per heavy atom. The van der Waals surface area contributed by atoms with Gasteiger partial charge in [-0.05, 0) is 0 Å². The van der Waals surface area contributed by atoms with E-state index < -0.39 is 6.35 Å². The Morgan fingerprint density at radius 1 is 1.33 bits per heavy atom. The van der Waals surface area contributed by atoms with Crippen molar-refractivity contribution in [2.75, 3.05) is 0 Å². The molecule has 0 aromatic carbocycles. The molecule has 9 heavy (non-hydrogen) atoms. The third-order valence-corrected chi connectivity index (χ3v) is 21.1. The molecule has 0 saturated heterocycles. The van der Waals surface area contributed by atoms with E-state index in [0.29, 0.717) is 0 Å². The van der Waals surface area contributed by atoms with Gasteiger partial charge in [0.25, 0.3) is 0 Å². The molecule has 0 saturated carbocycles. The van der Waals surface area contributed by atoms with Crippen LogP contribution in [0.25, 0.3) is 0 Å². The van der Waals surface area contributed by atoms with Crippen LogP contribution < -0.4 is 2.93 Å². The molecule has 0 aliphatic rings. The van der Waals surface area contributed by atoms with Crippen molar-refractivity contribution in [3.63, 3.8) is 0 Å². The van der Waals surface area contributed by atoms with Gasteiger partial charge in [-0.15, -0.1) is 0 Å². The molecule has 52 valence electrons. The SMILES string of the molecule is I[Te](I)(I)c1cccs1. The molecular weight excluding hydrogens is 588 g/mol. The standard InChI is InChI=1S/C4H3I3STe/c5-9(6,7)4-2-1-3-8-4/h1-3H. The normalized spacial score (nSPS) is 13.7. The molecule has 1 heterocycles. The van der Waals surface area contributed by atoms with Crippen LogP contribution in [0.3, 0.4) is 0 Å². The summed E-state index contributed by atoms with van der Waals surface area (Å²) in [5.41, 5.74) is 0. The zero-order valence-corrected chi connectivity index (χ0v) is 13.8. The van der Waals surface area contributed by atoms with E-state index in [2.05, 4.69) is 73.6 Å². The topological polar surface area (TPSA) is 0 Å². The molecule has 0 radical (unpaired) electrons. The summed E-state index contributed by atoms with van der Waals surface area (Å²) in [4.78, 5) is 0. The van der Waals surface area contributed by atoms with Gasteiger partial charge in [0.2, 0.25) is 0 Å². The molecule has 0 fully saturated rings. The minimum atomic E-state index is -1.53. The summed E-state index contributed by atoms with van der Waals surface area (Å²) in [6, 6.07) is 4.38. The van der Waals surface area contributed by atoms with Gasteiger partial charge >= 0.3 is 94.2 Å². The van der Waals surface area contributed by atoms with Crippen LogP contribution in [-0.2, 0) is 0 Å². The Balaban J connectivity index is 2.90. The monoisotopic (exact) mass is 594 g/mol. The van der Waals surface area contributed by atoms with E-state index in [1.807, 2.05) is 11.3 Å². The predicted octanol–water partition coefficient (Wildman–Crippen LogP) is 3.20. The Kier molecular flexibility index (Phi) is 4.42. The molecule has 0 N–H and O–H groups in total. The molecule has 0 nitrogen and oxygen atoms in total. The van der Waals surface area contributed by atoms with Crippen LogP contribution in [-0.4, -0.2) is 6.35 Å². The molecule has 1 rings (SSSR count). The maximum atomic E-state index is 2.61. The van der Waals surface area contributed by atoms with Gasteiger partial charge in [0, 0.05) is 0 Å². The zero-order chi connectivity index (χ0) is 6.91. The van der Waals surface area contributed by atoms with Gasteiger partial charge in [-0.1, -0.05) is 0 Å². The third kappa shape index (κ3) is 3.27. The number of thiophene rings is 1. The summed E-state index contributed by atoms with van der Waals surface area (Å²) in [6.07, 6.45) is -1.53. The molecule has 0 amide bonds. The molecule has 0 unspecified atom stereocenters. The fourth-order valence-electron chi connectivity index (χ4n) is 0.395. The molecule has 0 aliphatic carbocycles. The number of hydrogen-bond acceptors (Lipinski definition) is 1. The average Bonchev–Trinajstić information content (AvgIpc) is 2.08. The van der Waals surface area contributed by atoms with Crippen LogP contribution >= 0.6 is 67.4 Å². The van der Waals surface area contributed by atoms with E-state index in [0.717, 1.165) is 0 Å². The fourth-order valence-corrected chi connectivity index (χ4v) is 12.2. The number of halogens is 3. The molecule has 0 spiro atoms. The van der Waals surface area contributed by atoms with Gasteiger partial charge in [0.1, 0.15) is 0 Å². The first-order valence-corrected chi connectivity index (χ1v) is 24.5. The van der Waals surface area contributed by atoms with E-state index in [1.54, 1.807) is 2.93 Å². The van der Waals surface area contributed by atoms with Gasteiger partial charge in [0.05, 0.1) is 0 Å². The van der Waals surface area contributed by atoms with Crippen LogP contribution in [0.1, 0.15) is 0 Å². The van der Waals surface area contributed by atoms with Crippen molar-refractivity contribution in [3.8, 4) is 0 Å². The minimum absolute atomic E-state index is 1.53. The first-order valence-electron chi connectivity index (χ1n) is 2.06. The number of rotatable bonds is 1. The van der Waals surface area contributed by atoms with Gasteiger partial charge in [-0.25, -0.2) is 0 Å². The van der Waals surface area contributed by atoms with Crippen LogP contribution in [0.5, 0.6) is 0 Å². The average molecular weight is 591 g/mol. The summed E-state index contributed by atoms with van der Waals surface area (Å²) in [6.45, 7) is 0. The molecule has 5 heteroatoms. The Labute approximate surface area is 91.7 Å². The van der Waals surface area contributed by atoms with E-state index in [-0.39, 0.29) is 0 Å². The maximum absolute atomic E-state index is 2.61. The van der Waals surface area contributed by atoms with Crippen molar-refractivity contribution >= 4 is 76.7 Å². The Hall–Kier alpha value is 2.68. The second-order valence-electron chi connectivity index (χ2n) is 1.34. The molecule has 1 aromatic heterocycles. The first kappa shape index (κ1) is 9.77. The Morgan fingerprint density at radius 2 is 2.00 bits per heavy atom. The van der Waals surface area contributed by atoms with E-state index in [1.165, 1.54) is 0 Å². The summed E-state index contributed by atoms with van der Waals surface area (Å²) in [7, 11) is 0. The second-order valence-corrected chi connectivity index (χ2v) is 67.2. The quantitative estimate of drug-likeness (QED) is 0.348. The second kappa shape index (κ2) is 4.07. The van der Waals surface area contributed by atoms with Crippen molar-refractivity contribution in [1.29, 1.82) is 0 Å². The van der Waals surface area contributed by atoms with Crippen LogP contribution in [0.2, 0.25) is 0 Å². The van der Waals surface area contributed by atoms with Crippen LogP contribution in [0, 0.1) is 0 Å². The third-order valence-electron chi connectivity index (χ3n) is 0.723. The summed E-state index contributed by atoms with van der Waals surface area (Å²) in [5.74, 6) is 0. The zero-order valence-electron chi connectivity index (χ0n) is 4.18. The van der Waals surface area contributed by atoms with Crippen molar-refractivity contribution in [1.82, 2.24) is 0 Å². The van der Waals surface area contributed by atoms with Crippen molar-refractivity contribution in [2.45, 2.75) is 0 Å². The van der Waals surface area contributed by atoms with Crippen molar-refractivity contribution in [3.05, 3.63) is 17.5 Å². The van der Waals surface area contributed by atoms with Gasteiger partial charge < -0.3 is 0 Å². The Bertz CT molecular complexity index is 178. The number of hydrogen-bond donors (Lipinski definition) is 0. The van der Waals surface area contributed by atoms with E-state index in [9.17, 15) is 0 Å². The molecular formula is C4H3I3STe.